The topological polar surface area (TPSA) is 81.4 Å². The highest BCUT2D eigenvalue weighted by Gasteiger charge is 2.14. The van der Waals surface area contributed by atoms with Crippen LogP contribution in [0.1, 0.15) is 5.56 Å². The minimum absolute atomic E-state index is 0.104. The zero-order chi connectivity index (χ0) is 15.5. The smallest absolute Gasteiger partial charge is 0.240 e. The maximum Gasteiger partial charge on any atom is 0.240 e. The van der Waals surface area contributed by atoms with E-state index < -0.39 is 10.0 Å². The van der Waals surface area contributed by atoms with Gasteiger partial charge < -0.3 is 10.5 Å². The van der Waals surface area contributed by atoms with Crippen molar-refractivity contribution in [1.29, 1.82) is 0 Å². The zero-order valence-electron chi connectivity index (χ0n) is 11.3. The molecule has 0 radical (unpaired) electrons. The van der Waals surface area contributed by atoms with E-state index in [-0.39, 0.29) is 11.4 Å². The molecule has 0 aliphatic heterocycles. The minimum Gasteiger partial charge on any atom is -0.496 e. The fraction of sp³-hybridized carbons (Fsp3) is 0.143. The highest BCUT2D eigenvalue weighted by molar-refractivity contribution is 9.10. The van der Waals surface area contributed by atoms with E-state index >= 15 is 0 Å². The molecule has 0 atom stereocenters. The molecule has 0 saturated carbocycles. The monoisotopic (exact) mass is 370 g/mol. The van der Waals surface area contributed by atoms with Gasteiger partial charge >= 0.3 is 0 Å². The molecular formula is C14H15BrN2O3S. The lowest BCUT2D eigenvalue weighted by molar-refractivity contribution is 0.409. The summed E-state index contributed by atoms with van der Waals surface area (Å²) in [6.07, 6.45) is 0. The lowest BCUT2D eigenvalue weighted by Crippen LogP contribution is -2.23. The van der Waals surface area contributed by atoms with E-state index in [0.717, 1.165) is 4.47 Å². The predicted octanol–water partition coefficient (Wildman–Crippen LogP) is 2.52. The molecular weight excluding hydrogens is 356 g/mol. The summed E-state index contributed by atoms with van der Waals surface area (Å²) in [4.78, 5) is 0.202. The normalized spacial score (nSPS) is 11.3. The van der Waals surface area contributed by atoms with Crippen molar-refractivity contribution in [2.24, 2.45) is 0 Å². The largest absolute Gasteiger partial charge is 0.496 e. The Morgan fingerprint density at radius 3 is 2.48 bits per heavy atom. The number of rotatable bonds is 5. The average molecular weight is 371 g/mol. The summed E-state index contributed by atoms with van der Waals surface area (Å²) in [5, 5.41) is 0. The Kier molecular flexibility index (Phi) is 4.87. The van der Waals surface area contributed by atoms with Crippen molar-refractivity contribution < 1.29 is 13.2 Å². The predicted molar refractivity (Wildman–Crippen MR) is 85.6 cm³/mol. The molecule has 2 aromatic rings. The van der Waals surface area contributed by atoms with Crippen LogP contribution in [0.3, 0.4) is 0 Å². The lowest BCUT2D eigenvalue weighted by Gasteiger charge is -2.11. The van der Waals surface area contributed by atoms with Crippen LogP contribution in [0.4, 0.5) is 5.69 Å². The van der Waals surface area contributed by atoms with Crippen molar-refractivity contribution in [1.82, 2.24) is 4.72 Å². The molecule has 5 nitrogen and oxygen atoms in total. The second-order valence-electron chi connectivity index (χ2n) is 4.35. The molecule has 0 heterocycles. The summed E-state index contributed by atoms with van der Waals surface area (Å²) >= 11 is 3.27. The standard InChI is InChI=1S/C14H15BrN2O3S/c1-20-14-7-4-12(16)8-10(14)9-17-21(18,19)13-5-2-11(15)3-6-13/h2-8,17H,9,16H2,1H3. The van der Waals surface area contributed by atoms with Crippen LogP contribution in [0.15, 0.2) is 51.8 Å². The molecule has 0 spiro atoms. The first-order valence-corrected chi connectivity index (χ1v) is 8.37. The number of halogens is 1. The SMILES string of the molecule is COc1ccc(N)cc1CNS(=O)(=O)c1ccc(Br)cc1. The van der Waals surface area contributed by atoms with Gasteiger partial charge in [0.1, 0.15) is 5.75 Å². The Bertz CT molecular complexity index is 730. The third-order valence-corrected chi connectivity index (χ3v) is 4.83. The van der Waals surface area contributed by atoms with Crippen LogP contribution in [0.2, 0.25) is 0 Å². The Morgan fingerprint density at radius 1 is 1.19 bits per heavy atom. The molecule has 0 aromatic heterocycles. The van der Waals surface area contributed by atoms with Gasteiger partial charge in [0.05, 0.1) is 12.0 Å². The minimum atomic E-state index is -3.58. The zero-order valence-corrected chi connectivity index (χ0v) is 13.7. The van der Waals surface area contributed by atoms with Crippen molar-refractivity contribution in [2.75, 3.05) is 12.8 Å². The number of nitrogens with two attached hydrogens (primary N) is 1. The molecule has 0 amide bonds. The first-order chi connectivity index (χ1) is 9.92. The van der Waals surface area contributed by atoms with Gasteiger partial charge in [0.15, 0.2) is 0 Å². The summed E-state index contributed by atoms with van der Waals surface area (Å²) in [6.45, 7) is 0.104. The molecule has 3 N–H and O–H groups in total. The van der Waals surface area contributed by atoms with Crippen molar-refractivity contribution in [3.05, 3.63) is 52.5 Å². The third-order valence-electron chi connectivity index (χ3n) is 2.88. The number of sulfonamides is 1. The molecule has 0 aliphatic carbocycles. The number of methoxy groups -OCH3 is 1. The number of anilines is 1. The number of hydrogen-bond donors (Lipinski definition) is 2. The van der Waals surface area contributed by atoms with Gasteiger partial charge in [-0.15, -0.1) is 0 Å². The van der Waals surface area contributed by atoms with E-state index in [1.165, 1.54) is 19.2 Å². The van der Waals surface area contributed by atoms with E-state index in [1.54, 1.807) is 30.3 Å². The van der Waals surface area contributed by atoms with Crippen molar-refractivity contribution in [3.8, 4) is 5.75 Å². The van der Waals surface area contributed by atoms with Crippen LogP contribution < -0.4 is 15.2 Å². The van der Waals surface area contributed by atoms with Crippen LogP contribution >= 0.6 is 15.9 Å². The maximum absolute atomic E-state index is 12.2. The van der Waals surface area contributed by atoms with Crippen LogP contribution in [0.25, 0.3) is 0 Å². The molecule has 0 unspecified atom stereocenters. The Balaban J connectivity index is 2.19. The van der Waals surface area contributed by atoms with Gasteiger partial charge in [-0.25, -0.2) is 13.1 Å². The molecule has 21 heavy (non-hydrogen) atoms. The summed E-state index contributed by atoms with van der Waals surface area (Å²) < 4.78 is 32.9. The highest BCUT2D eigenvalue weighted by Crippen LogP contribution is 2.22. The first kappa shape index (κ1) is 15.8. The molecule has 2 rings (SSSR count). The molecule has 0 bridgehead atoms. The van der Waals surface area contributed by atoms with E-state index in [1.807, 2.05) is 0 Å². The van der Waals surface area contributed by atoms with Crippen LogP contribution in [0, 0.1) is 0 Å². The van der Waals surface area contributed by atoms with Crippen LogP contribution in [0.5, 0.6) is 5.75 Å². The van der Waals surface area contributed by atoms with E-state index in [4.69, 9.17) is 10.5 Å². The molecule has 0 aliphatic rings. The second kappa shape index (κ2) is 6.46. The number of ether oxygens (including phenoxy) is 1. The van der Waals surface area contributed by atoms with E-state index in [2.05, 4.69) is 20.7 Å². The van der Waals surface area contributed by atoms with Crippen molar-refractivity contribution in [2.45, 2.75) is 11.4 Å². The van der Waals surface area contributed by atoms with Gasteiger partial charge in [0, 0.05) is 22.3 Å². The molecule has 112 valence electrons. The van der Waals surface area contributed by atoms with E-state index in [0.29, 0.717) is 17.0 Å². The lowest BCUT2D eigenvalue weighted by atomic mass is 10.2. The summed E-state index contributed by atoms with van der Waals surface area (Å²) in [6, 6.07) is 11.5. The summed E-state index contributed by atoms with van der Waals surface area (Å²) in [5.41, 5.74) is 6.94. The van der Waals surface area contributed by atoms with Gasteiger partial charge in [-0.2, -0.15) is 0 Å². The summed E-state index contributed by atoms with van der Waals surface area (Å²) in [5.74, 6) is 0.586. The quantitative estimate of drug-likeness (QED) is 0.792. The molecule has 7 heteroatoms. The number of hydrogen-bond acceptors (Lipinski definition) is 4. The average Bonchev–Trinajstić information content (AvgIpc) is 2.46. The second-order valence-corrected chi connectivity index (χ2v) is 7.03. The van der Waals surface area contributed by atoms with Gasteiger partial charge in [-0.3, -0.25) is 0 Å². The van der Waals surface area contributed by atoms with Gasteiger partial charge in [0.25, 0.3) is 0 Å². The molecule has 0 fully saturated rings. The van der Waals surface area contributed by atoms with Crippen LogP contribution in [-0.2, 0) is 16.6 Å². The Morgan fingerprint density at radius 2 is 1.86 bits per heavy atom. The molecule has 2 aromatic carbocycles. The van der Waals surface area contributed by atoms with Crippen molar-refractivity contribution in [3.63, 3.8) is 0 Å². The number of benzene rings is 2. The summed E-state index contributed by atoms with van der Waals surface area (Å²) in [7, 11) is -2.05. The van der Waals surface area contributed by atoms with Crippen molar-refractivity contribution >= 4 is 31.6 Å². The maximum atomic E-state index is 12.2. The van der Waals surface area contributed by atoms with Gasteiger partial charge in [-0.05, 0) is 42.5 Å². The fourth-order valence-corrected chi connectivity index (χ4v) is 3.08. The Hall–Kier alpha value is -1.57. The number of nitrogens with one attached hydrogen (secondary N) is 1. The van der Waals surface area contributed by atoms with Gasteiger partial charge in [-0.1, -0.05) is 15.9 Å². The van der Waals surface area contributed by atoms with Gasteiger partial charge in [0.2, 0.25) is 10.0 Å². The fourth-order valence-electron chi connectivity index (χ4n) is 1.81. The number of nitrogen functional groups attached to an aromatic ring is 1. The third kappa shape index (κ3) is 3.96. The van der Waals surface area contributed by atoms with Crippen LogP contribution in [-0.4, -0.2) is 15.5 Å². The Labute approximate surface area is 132 Å². The molecule has 0 saturated heterocycles. The highest BCUT2D eigenvalue weighted by atomic mass is 79.9. The first-order valence-electron chi connectivity index (χ1n) is 6.10. The van der Waals surface area contributed by atoms with E-state index in [9.17, 15) is 8.42 Å².